The second-order valence-electron chi connectivity index (χ2n) is 5.35. The van der Waals surface area contributed by atoms with E-state index in [2.05, 4.69) is 19.9 Å². The van der Waals surface area contributed by atoms with E-state index in [0.717, 1.165) is 15.8 Å². The van der Waals surface area contributed by atoms with Crippen molar-refractivity contribution in [2.75, 3.05) is 19.5 Å². The Hall–Kier alpha value is -3.16. The molecule has 0 unspecified atom stereocenters. The number of ether oxygens (including phenoxy) is 2. The molecule has 0 bridgehead atoms. The summed E-state index contributed by atoms with van der Waals surface area (Å²) < 4.78 is 10.3. The molecular weight excluding hydrogens is 326 g/mol. The molecule has 0 aliphatic carbocycles. The van der Waals surface area contributed by atoms with E-state index >= 15 is 0 Å². The maximum atomic E-state index is 12.3. The molecule has 1 heterocycles. The van der Waals surface area contributed by atoms with Gasteiger partial charge in [0.05, 0.1) is 14.2 Å². The molecular formula is C17H19N3O5. The lowest BCUT2D eigenvalue weighted by Gasteiger charge is -2.11. The van der Waals surface area contributed by atoms with Crippen LogP contribution in [0.2, 0.25) is 0 Å². The van der Waals surface area contributed by atoms with Crippen molar-refractivity contribution in [3.63, 3.8) is 0 Å². The molecule has 132 valence electrons. The Kier molecular flexibility index (Phi) is 5.53. The minimum absolute atomic E-state index is 0.0148. The first-order valence-corrected chi connectivity index (χ1v) is 7.48. The molecule has 0 fully saturated rings. The smallest absolute Gasteiger partial charge is 0.358 e. The van der Waals surface area contributed by atoms with Crippen molar-refractivity contribution in [2.45, 2.75) is 20.4 Å². The predicted octanol–water partition coefficient (Wildman–Crippen LogP) is 1.71. The number of aromatic nitrogens is 2. The number of amides is 1. The van der Waals surface area contributed by atoms with Crippen LogP contribution in [-0.4, -0.2) is 41.8 Å². The first kappa shape index (κ1) is 18.2. The number of nitrogens with zero attached hydrogens (tertiary/aromatic N) is 2. The van der Waals surface area contributed by atoms with Crippen molar-refractivity contribution in [3.05, 3.63) is 46.8 Å². The molecule has 2 aromatic rings. The van der Waals surface area contributed by atoms with Crippen molar-refractivity contribution in [1.82, 2.24) is 9.78 Å². The Bertz CT molecular complexity index is 826. The Labute approximate surface area is 144 Å². The lowest BCUT2D eigenvalue weighted by molar-refractivity contribution is -0.116. The van der Waals surface area contributed by atoms with Gasteiger partial charge in [-0.15, -0.1) is 0 Å². The quantitative estimate of drug-likeness (QED) is 0.828. The normalized spacial score (nSPS) is 10.2. The lowest BCUT2D eigenvalue weighted by atomic mass is 10.1. The van der Waals surface area contributed by atoms with Crippen LogP contribution >= 0.6 is 0 Å². The van der Waals surface area contributed by atoms with Gasteiger partial charge in [-0.1, -0.05) is 12.1 Å². The van der Waals surface area contributed by atoms with Crippen LogP contribution in [-0.2, 0) is 20.8 Å². The lowest BCUT2D eigenvalue weighted by Crippen LogP contribution is -2.23. The number of aryl methyl sites for hydroxylation is 1. The van der Waals surface area contributed by atoms with Gasteiger partial charge in [0, 0.05) is 11.8 Å². The highest BCUT2D eigenvalue weighted by Gasteiger charge is 2.21. The monoisotopic (exact) mass is 345 g/mol. The summed E-state index contributed by atoms with van der Waals surface area (Å²) in [7, 11) is 2.40. The van der Waals surface area contributed by atoms with Gasteiger partial charge < -0.3 is 14.8 Å². The first-order chi connectivity index (χ1) is 11.9. The standard InChI is InChI=1S/C17H19N3O5/c1-10-6-5-7-12(11(10)2)18-15(21)9-20-14(17(23)25-4)8-13(19-20)16(22)24-3/h5-8H,9H2,1-4H3,(H,18,21). The van der Waals surface area contributed by atoms with Crippen LogP contribution in [0.1, 0.15) is 32.1 Å². The molecule has 0 atom stereocenters. The van der Waals surface area contributed by atoms with E-state index in [4.69, 9.17) is 0 Å². The summed E-state index contributed by atoms with van der Waals surface area (Å²) >= 11 is 0. The second kappa shape index (κ2) is 7.61. The molecule has 8 heteroatoms. The van der Waals surface area contributed by atoms with Crippen LogP contribution in [0.4, 0.5) is 5.69 Å². The van der Waals surface area contributed by atoms with Crippen molar-refractivity contribution >= 4 is 23.5 Å². The number of carbonyl (C=O) groups excluding carboxylic acids is 3. The highest BCUT2D eigenvalue weighted by Crippen LogP contribution is 2.18. The summed E-state index contributed by atoms with van der Waals surface area (Å²) in [5.41, 5.74) is 2.56. The third-order valence-electron chi connectivity index (χ3n) is 3.74. The number of carbonyl (C=O) groups is 3. The Morgan fingerprint density at radius 2 is 1.80 bits per heavy atom. The molecule has 0 saturated carbocycles. The van der Waals surface area contributed by atoms with E-state index in [-0.39, 0.29) is 17.9 Å². The molecule has 0 aliphatic heterocycles. The van der Waals surface area contributed by atoms with Gasteiger partial charge in [-0.3, -0.25) is 4.79 Å². The molecule has 1 amide bonds. The number of methoxy groups -OCH3 is 2. The predicted molar refractivity (Wildman–Crippen MR) is 89.5 cm³/mol. The van der Waals surface area contributed by atoms with Crippen LogP contribution in [0.15, 0.2) is 24.3 Å². The summed E-state index contributed by atoms with van der Waals surface area (Å²) in [4.78, 5) is 35.7. The second-order valence-corrected chi connectivity index (χ2v) is 5.35. The molecule has 1 N–H and O–H groups in total. The highest BCUT2D eigenvalue weighted by molar-refractivity contribution is 5.95. The van der Waals surface area contributed by atoms with Gasteiger partial charge >= 0.3 is 11.9 Å². The zero-order valence-electron chi connectivity index (χ0n) is 14.5. The molecule has 2 rings (SSSR count). The average molecular weight is 345 g/mol. The fourth-order valence-corrected chi connectivity index (χ4v) is 2.22. The van der Waals surface area contributed by atoms with Crippen molar-refractivity contribution < 1.29 is 23.9 Å². The zero-order valence-corrected chi connectivity index (χ0v) is 14.5. The Morgan fingerprint density at radius 3 is 2.44 bits per heavy atom. The molecule has 1 aromatic carbocycles. The van der Waals surface area contributed by atoms with Crippen molar-refractivity contribution in [2.24, 2.45) is 0 Å². The largest absolute Gasteiger partial charge is 0.464 e. The van der Waals surface area contributed by atoms with Crippen LogP contribution in [0, 0.1) is 13.8 Å². The van der Waals surface area contributed by atoms with Gasteiger partial charge in [0.25, 0.3) is 0 Å². The molecule has 25 heavy (non-hydrogen) atoms. The van der Waals surface area contributed by atoms with Crippen LogP contribution in [0.5, 0.6) is 0 Å². The van der Waals surface area contributed by atoms with Gasteiger partial charge in [-0.25, -0.2) is 14.3 Å². The minimum atomic E-state index is -0.709. The number of nitrogens with one attached hydrogen (secondary N) is 1. The SMILES string of the molecule is COC(=O)c1cc(C(=O)OC)n(CC(=O)Nc2cccc(C)c2C)n1. The van der Waals surface area contributed by atoms with Gasteiger partial charge in [-0.2, -0.15) is 5.10 Å². The summed E-state index contributed by atoms with van der Waals surface area (Å²) in [6.07, 6.45) is 0. The third kappa shape index (κ3) is 4.03. The highest BCUT2D eigenvalue weighted by atomic mass is 16.5. The molecule has 1 aromatic heterocycles. The summed E-state index contributed by atoms with van der Waals surface area (Å²) in [6, 6.07) is 6.78. The minimum Gasteiger partial charge on any atom is -0.464 e. The van der Waals surface area contributed by atoms with Crippen LogP contribution in [0.25, 0.3) is 0 Å². The molecule has 0 aliphatic rings. The summed E-state index contributed by atoms with van der Waals surface area (Å²) in [5.74, 6) is -1.81. The van der Waals surface area contributed by atoms with E-state index in [1.807, 2.05) is 26.0 Å². The Morgan fingerprint density at radius 1 is 1.12 bits per heavy atom. The first-order valence-electron chi connectivity index (χ1n) is 7.48. The number of hydrogen-bond donors (Lipinski definition) is 1. The third-order valence-corrected chi connectivity index (χ3v) is 3.74. The maximum Gasteiger partial charge on any atom is 0.358 e. The molecule has 0 saturated heterocycles. The topological polar surface area (TPSA) is 99.5 Å². The van der Waals surface area contributed by atoms with E-state index in [1.165, 1.54) is 20.3 Å². The van der Waals surface area contributed by atoms with Gasteiger partial charge in [-0.05, 0) is 31.0 Å². The summed E-state index contributed by atoms with van der Waals surface area (Å²) in [5, 5.41) is 6.72. The number of benzene rings is 1. The van der Waals surface area contributed by atoms with Crippen molar-refractivity contribution in [3.8, 4) is 0 Å². The Balaban J connectivity index is 2.24. The van der Waals surface area contributed by atoms with Crippen LogP contribution in [0.3, 0.4) is 0 Å². The van der Waals surface area contributed by atoms with Gasteiger partial charge in [0.2, 0.25) is 5.91 Å². The number of rotatable bonds is 5. The number of hydrogen-bond acceptors (Lipinski definition) is 6. The maximum absolute atomic E-state index is 12.3. The van der Waals surface area contributed by atoms with Crippen LogP contribution < -0.4 is 5.32 Å². The van der Waals surface area contributed by atoms with Gasteiger partial charge in [0.15, 0.2) is 5.69 Å². The average Bonchev–Trinajstić information content (AvgIpc) is 3.01. The van der Waals surface area contributed by atoms with E-state index < -0.39 is 17.8 Å². The molecule has 0 radical (unpaired) electrons. The number of anilines is 1. The fourth-order valence-electron chi connectivity index (χ4n) is 2.22. The zero-order chi connectivity index (χ0) is 18.6. The summed E-state index contributed by atoms with van der Waals surface area (Å²) in [6.45, 7) is 3.58. The van der Waals surface area contributed by atoms with E-state index in [1.54, 1.807) is 6.07 Å². The number of esters is 2. The van der Waals surface area contributed by atoms with E-state index in [0.29, 0.717) is 5.69 Å². The van der Waals surface area contributed by atoms with Crippen molar-refractivity contribution in [1.29, 1.82) is 0 Å². The molecule has 8 nitrogen and oxygen atoms in total. The fraction of sp³-hybridized carbons (Fsp3) is 0.294. The molecule has 0 spiro atoms. The van der Waals surface area contributed by atoms with Gasteiger partial charge in [0.1, 0.15) is 12.2 Å². The van der Waals surface area contributed by atoms with E-state index in [9.17, 15) is 14.4 Å².